The number of para-hydroxylation sites is 1. The van der Waals surface area contributed by atoms with Gasteiger partial charge in [0, 0.05) is 16.7 Å². The van der Waals surface area contributed by atoms with E-state index in [4.69, 9.17) is 0 Å². The third-order valence-electron chi connectivity index (χ3n) is 7.64. The molecule has 0 unspecified atom stereocenters. The van der Waals surface area contributed by atoms with E-state index in [1.807, 2.05) is 36.4 Å². The first-order chi connectivity index (χ1) is 15.2. The Kier molecular flexibility index (Phi) is 4.75. The summed E-state index contributed by atoms with van der Waals surface area (Å²) in [5.74, 6) is 4.12. The van der Waals surface area contributed by atoms with Crippen molar-refractivity contribution in [3.63, 3.8) is 0 Å². The molecule has 4 fully saturated rings. The summed E-state index contributed by atoms with van der Waals surface area (Å²) < 4.78 is 2.09. The molecular weight excluding hydrogens is 402 g/mol. The summed E-state index contributed by atoms with van der Waals surface area (Å²) in [6, 6.07) is 20.4. The molecule has 0 aliphatic heterocycles. The summed E-state index contributed by atoms with van der Waals surface area (Å²) in [6.45, 7) is 0. The van der Waals surface area contributed by atoms with Crippen LogP contribution in [0.5, 0.6) is 0 Å². The molecule has 0 atom stereocenters. The van der Waals surface area contributed by atoms with E-state index in [1.165, 1.54) is 19.3 Å². The highest BCUT2D eigenvalue weighted by Gasteiger charge is 2.54. The third kappa shape index (κ3) is 3.43. The van der Waals surface area contributed by atoms with Gasteiger partial charge in [0.05, 0.1) is 5.75 Å². The van der Waals surface area contributed by atoms with Gasteiger partial charge in [0.2, 0.25) is 0 Å². The lowest BCUT2D eigenvalue weighted by atomic mass is 9.48. The number of nitrogens with zero attached hydrogens (tertiary/aromatic N) is 3. The van der Waals surface area contributed by atoms with Crippen molar-refractivity contribution in [3.8, 4) is 17.1 Å². The fourth-order valence-corrected chi connectivity index (χ4v) is 7.67. The van der Waals surface area contributed by atoms with Gasteiger partial charge in [0.25, 0.3) is 0 Å². The fraction of sp³-hybridized carbons (Fsp3) is 0.423. The number of benzene rings is 2. The van der Waals surface area contributed by atoms with E-state index in [9.17, 15) is 4.79 Å². The smallest absolute Gasteiger partial charge is 0.196 e. The second-order valence-electron chi connectivity index (χ2n) is 9.75. The SMILES string of the molecule is O=C(CSc1nnc(-c2ccccc2)n1-c1ccccc1)C12CC3CC(CC(C3)C1)C2. The van der Waals surface area contributed by atoms with E-state index in [0.717, 1.165) is 59.2 Å². The minimum Gasteiger partial charge on any atom is -0.298 e. The van der Waals surface area contributed by atoms with E-state index in [1.54, 1.807) is 11.8 Å². The van der Waals surface area contributed by atoms with Crippen molar-refractivity contribution < 1.29 is 4.79 Å². The van der Waals surface area contributed by atoms with Crippen molar-refractivity contribution in [1.82, 2.24) is 14.8 Å². The number of Topliss-reactive ketones (excluding diaryl/α,β-unsaturated/α-hetero) is 1. The zero-order valence-corrected chi connectivity index (χ0v) is 18.4. The molecule has 5 heteroatoms. The second kappa shape index (κ2) is 7.63. The minimum absolute atomic E-state index is 0.0540. The summed E-state index contributed by atoms with van der Waals surface area (Å²) in [4.78, 5) is 13.5. The topological polar surface area (TPSA) is 47.8 Å². The van der Waals surface area contributed by atoms with Crippen molar-refractivity contribution in [2.75, 3.05) is 5.75 Å². The summed E-state index contributed by atoms with van der Waals surface area (Å²) in [7, 11) is 0. The van der Waals surface area contributed by atoms with E-state index in [-0.39, 0.29) is 5.41 Å². The molecule has 2 aromatic carbocycles. The molecule has 0 N–H and O–H groups in total. The number of ketones is 1. The van der Waals surface area contributed by atoms with E-state index >= 15 is 0 Å². The summed E-state index contributed by atoms with van der Waals surface area (Å²) in [5.41, 5.74) is 2.00. The largest absolute Gasteiger partial charge is 0.298 e. The predicted molar refractivity (Wildman–Crippen MR) is 123 cm³/mol. The average Bonchev–Trinajstić information content (AvgIpc) is 3.22. The van der Waals surface area contributed by atoms with Gasteiger partial charge >= 0.3 is 0 Å². The van der Waals surface area contributed by atoms with Crippen molar-refractivity contribution in [1.29, 1.82) is 0 Å². The van der Waals surface area contributed by atoms with Gasteiger partial charge in [-0.1, -0.05) is 60.3 Å². The van der Waals surface area contributed by atoms with E-state index in [0.29, 0.717) is 11.5 Å². The lowest BCUT2D eigenvalue weighted by Gasteiger charge is -2.56. The van der Waals surface area contributed by atoms with Crippen LogP contribution in [0.1, 0.15) is 38.5 Å². The Bertz CT molecular complexity index is 1060. The van der Waals surface area contributed by atoms with Crippen LogP contribution in [0.3, 0.4) is 0 Å². The van der Waals surface area contributed by atoms with Crippen LogP contribution in [0.2, 0.25) is 0 Å². The molecule has 1 heterocycles. The Morgan fingerprint density at radius 3 is 2.06 bits per heavy atom. The van der Waals surface area contributed by atoms with Crippen molar-refractivity contribution in [3.05, 3.63) is 60.7 Å². The zero-order chi connectivity index (χ0) is 20.8. The van der Waals surface area contributed by atoms with Gasteiger partial charge in [-0.05, 0) is 68.4 Å². The second-order valence-corrected chi connectivity index (χ2v) is 10.7. The molecule has 4 saturated carbocycles. The zero-order valence-electron chi connectivity index (χ0n) is 17.6. The number of hydrogen-bond donors (Lipinski definition) is 0. The van der Waals surface area contributed by atoms with E-state index in [2.05, 4.69) is 39.0 Å². The monoisotopic (exact) mass is 429 g/mol. The Morgan fingerprint density at radius 1 is 0.871 bits per heavy atom. The molecule has 158 valence electrons. The molecule has 3 aromatic rings. The first-order valence-corrected chi connectivity index (χ1v) is 12.4. The van der Waals surface area contributed by atoms with Crippen molar-refractivity contribution in [2.24, 2.45) is 23.2 Å². The molecule has 4 nitrogen and oxygen atoms in total. The van der Waals surface area contributed by atoms with Gasteiger partial charge in [-0.2, -0.15) is 0 Å². The Balaban J connectivity index is 1.28. The highest BCUT2D eigenvalue weighted by molar-refractivity contribution is 7.99. The molecule has 0 amide bonds. The predicted octanol–water partition coefficient (Wildman–Crippen LogP) is 5.81. The fourth-order valence-electron chi connectivity index (χ4n) is 6.68. The minimum atomic E-state index is -0.0540. The van der Waals surface area contributed by atoms with Crippen LogP contribution in [0.4, 0.5) is 0 Å². The van der Waals surface area contributed by atoms with Gasteiger partial charge in [0.15, 0.2) is 11.0 Å². The van der Waals surface area contributed by atoms with Crippen LogP contribution in [-0.4, -0.2) is 26.3 Å². The Labute approximate surface area is 187 Å². The molecule has 31 heavy (non-hydrogen) atoms. The van der Waals surface area contributed by atoms with Gasteiger partial charge in [0.1, 0.15) is 5.78 Å². The number of thioether (sulfide) groups is 1. The highest BCUT2D eigenvalue weighted by Crippen LogP contribution is 2.60. The number of carbonyl (C=O) groups is 1. The van der Waals surface area contributed by atoms with E-state index < -0.39 is 0 Å². The van der Waals surface area contributed by atoms with Crippen LogP contribution in [0, 0.1) is 23.2 Å². The van der Waals surface area contributed by atoms with Crippen molar-refractivity contribution in [2.45, 2.75) is 43.7 Å². The van der Waals surface area contributed by atoms with Gasteiger partial charge < -0.3 is 0 Å². The van der Waals surface area contributed by atoms with Crippen LogP contribution in [0.25, 0.3) is 17.1 Å². The normalized spacial score (nSPS) is 28.7. The lowest BCUT2D eigenvalue weighted by molar-refractivity contribution is -0.141. The molecule has 4 bridgehead atoms. The maximum Gasteiger partial charge on any atom is 0.196 e. The first-order valence-electron chi connectivity index (χ1n) is 11.4. The van der Waals surface area contributed by atoms with Gasteiger partial charge in [-0.25, -0.2) is 0 Å². The molecular formula is C26H27N3OS. The Hall–Kier alpha value is -2.40. The molecule has 4 aliphatic carbocycles. The maximum absolute atomic E-state index is 13.5. The first kappa shape index (κ1) is 19.3. The highest BCUT2D eigenvalue weighted by atomic mass is 32.2. The average molecular weight is 430 g/mol. The number of carbonyl (C=O) groups excluding carboxylic acids is 1. The lowest BCUT2D eigenvalue weighted by Crippen LogP contribution is -2.50. The molecule has 0 radical (unpaired) electrons. The third-order valence-corrected chi connectivity index (χ3v) is 8.57. The van der Waals surface area contributed by atoms with Gasteiger partial charge in [-0.3, -0.25) is 9.36 Å². The quantitative estimate of drug-likeness (QED) is 0.464. The van der Waals surface area contributed by atoms with Crippen LogP contribution < -0.4 is 0 Å². The molecule has 0 saturated heterocycles. The number of hydrogen-bond acceptors (Lipinski definition) is 4. The summed E-state index contributed by atoms with van der Waals surface area (Å²) in [6.07, 6.45) is 7.46. The maximum atomic E-state index is 13.5. The molecule has 4 aliphatic rings. The van der Waals surface area contributed by atoms with Crippen molar-refractivity contribution >= 4 is 17.5 Å². The molecule has 1 aromatic heterocycles. The number of aromatic nitrogens is 3. The van der Waals surface area contributed by atoms with Crippen LogP contribution >= 0.6 is 11.8 Å². The van der Waals surface area contributed by atoms with Crippen LogP contribution in [0.15, 0.2) is 65.8 Å². The standard InChI is InChI=1S/C26H27N3OS/c30-23(26-14-18-11-19(15-26)13-20(12-18)16-26)17-31-25-28-27-24(21-7-3-1-4-8-21)29(25)22-9-5-2-6-10-22/h1-10,18-20H,11-17H2. The molecule has 0 spiro atoms. The number of rotatable bonds is 6. The van der Waals surface area contributed by atoms with Crippen LogP contribution in [-0.2, 0) is 4.79 Å². The summed E-state index contributed by atoms with van der Waals surface area (Å²) >= 11 is 1.55. The Morgan fingerprint density at radius 2 is 1.45 bits per heavy atom. The van der Waals surface area contributed by atoms with Gasteiger partial charge in [-0.15, -0.1) is 10.2 Å². The summed E-state index contributed by atoms with van der Waals surface area (Å²) in [5, 5.41) is 9.82. The molecule has 7 rings (SSSR count).